The van der Waals surface area contributed by atoms with Gasteiger partial charge in [-0.3, -0.25) is 0 Å². The van der Waals surface area contributed by atoms with E-state index in [-0.39, 0.29) is 28.2 Å². The second kappa shape index (κ2) is 12.1. The van der Waals surface area contributed by atoms with E-state index in [1.54, 1.807) is 12.1 Å². The maximum absolute atomic E-state index is 13.8. The molecule has 1 atom stereocenters. The second-order valence-corrected chi connectivity index (χ2v) is 14.1. The standard InChI is InChI=1S/C33H42N4O5S/c1-20(2)17-25-19-42-30-23(5)29(28-21(3)9-7-10-22(28)4)35-31(36-30)37-43(39,40)27-12-8-11-24(18-27)33(25)15-13-26(14-16-33)34-32(38)41-6/h7-12,18,20,25-26H,13-17,19H2,1-6H3,(H,34,38)(H,35,36,37)/t25-,26?,33?/m1/s1. The van der Waals surface area contributed by atoms with Crippen molar-refractivity contribution in [1.82, 2.24) is 15.3 Å². The number of carbonyl (C=O) groups excluding carboxylic acids is 1. The topological polar surface area (TPSA) is 120 Å². The summed E-state index contributed by atoms with van der Waals surface area (Å²) in [6.45, 7) is 10.8. The van der Waals surface area contributed by atoms with Crippen LogP contribution in [-0.4, -0.2) is 44.2 Å². The number of amides is 1. The van der Waals surface area contributed by atoms with E-state index in [0.29, 0.717) is 24.1 Å². The number of hydrogen-bond donors (Lipinski definition) is 2. The molecule has 1 aromatic heterocycles. The van der Waals surface area contributed by atoms with Gasteiger partial charge in [0, 0.05) is 28.5 Å². The summed E-state index contributed by atoms with van der Waals surface area (Å²) in [7, 11) is -2.64. The highest BCUT2D eigenvalue weighted by atomic mass is 32.2. The lowest BCUT2D eigenvalue weighted by molar-refractivity contribution is 0.0935. The lowest BCUT2D eigenvalue weighted by Crippen LogP contribution is -2.47. The molecule has 2 heterocycles. The molecule has 43 heavy (non-hydrogen) atoms. The van der Waals surface area contributed by atoms with Crippen molar-refractivity contribution >= 4 is 22.1 Å². The monoisotopic (exact) mass is 606 g/mol. The van der Waals surface area contributed by atoms with Crippen LogP contribution in [-0.2, 0) is 20.2 Å². The predicted octanol–water partition coefficient (Wildman–Crippen LogP) is 6.46. The van der Waals surface area contributed by atoms with E-state index in [2.05, 4.69) is 28.9 Å². The zero-order chi connectivity index (χ0) is 30.9. The average Bonchev–Trinajstić information content (AvgIpc) is 2.96. The van der Waals surface area contributed by atoms with Crippen LogP contribution in [0, 0.1) is 32.6 Å². The molecule has 5 rings (SSSR count). The molecule has 1 amide bonds. The molecular weight excluding hydrogens is 564 g/mol. The first-order chi connectivity index (χ1) is 20.4. The number of benzene rings is 2. The molecule has 0 radical (unpaired) electrons. The van der Waals surface area contributed by atoms with Crippen molar-refractivity contribution in [2.75, 3.05) is 18.4 Å². The molecule has 1 saturated carbocycles. The number of rotatable bonds is 4. The highest BCUT2D eigenvalue weighted by Crippen LogP contribution is 2.48. The first-order valence-electron chi connectivity index (χ1n) is 15.0. The predicted molar refractivity (Wildman–Crippen MR) is 167 cm³/mol. The maximum Gasteiger partial charge on any atom is 0.407 e. The molecule has 0 saturated heterocycles. The van der Waals surface area contributed by atoms with Gasteiger partial charge in [0.25, 0.3) is 10.0 Å². The Morgan fingerprint density at radius 2 is 1.77 bits per heavy atom. The fourth-order valence-corrected chi connectivity index (χ4v) is 7.89. The Labute approximate surface area is 254 Å². The molecular formula is C33H42N4O5S. The third kappa shape index (κ3) is 6.20. The lowest BCUT2D eigenvalue weighted by Gasteiger charge is -2.47. The maximum atomic E-state index is 13.8. The molecule has 1 spiro atoms. The number of methoxy groups -OCH3 is 1. The van der Waals surface area contributed by atoms with Crippen LogP contribution >= 0.6 is 0 Å². The first kappa shape index (κ1) is 30.8. The van der Waals surface area contributed by atoms with Crippen molar-refractivity contribution < 1.29 is 22.7 Å². The van der Waals surface area contributed by atoms with E-state index in [9.17, 15) is 13.2 Å². The molecule has 9 nitrogen and oxygen atoms in total. The summed E-state index contributed by atoms with van der Waals surface area (Å²) in [5.74, 6) is 0.803. The van der Waals surface area contributed by atoms with E-state index in [4.69, 9.17) is 14.5 Å². The van der Waals surface area contributed by atoms with Gasteiger partial charge in [0.2, 0.25) is 11.8 Å². The van der Waals surface area contributed by atoms with E-state index >= 15 is 0 Å². The normalized spacial score (nSPS) is 23.0. The summed E-state index contributed by atoms with van der Waals surface area (Å²) in [6, 6.07) is 13.3. The minimum Gasteiger partial charge on any atom is -0.477 e. The van der Waals surface area contributed by atoms with Crippen molar-refractivity contribution in [3.63, 3.8) is 0 Å². The van der Waals surface area contributed by atoms with Crippen LogP contribution in [0.25, 0.3) is 11.3 Å². The summed E-state index contributed by atoms with van der Waals surface area (Å²) in [5.41, 5.74) is 5.02. The number of hydrogen-bond acceptors (Lipinski definition) is 7. The van der Waals surface area contributed by atoms with Crippen molar-refractivity contribution in [3.05, 3.63) is 64.7 Å². The number of aromatic nitrogens is 2. The largest absolute Gasteiger partial charge is 0.477 e. The number of anilines is 1. The van der Waals surface area contributed by atoms with Gasteiger partial charge in [-0.2, -0.15) is 4.98 Å². The van der Waals surface area contributed by atoms with Gasteiger partial charge < -0.3 is 14.8 Å². The molecule has 230 valence electrons. The van der Waals surface area contributed by atoms with Gasteiger partial charge in [-0.25, -0.2) is 22.9 Å². The fourth-order valence-electron chi connectivity index (χ4n) is 6.90. The number of ether oxygens (including phenoxy) is 2. The van der Waals surface area contributed by atoms with E-state index in [1.165, 1.54) is 7.11 Å². The summed E-state index contributed by atoms with van der Waals surface area (Å²) in [6.07, 6.45) is 3.46. The van der Waals surface area contributed by atoms with Gasteiger partial charge in [-0.05, 0) is 87.6 Å². The average molecular weight is 607 g/mol. The molecule has 0 unspecified atom stereocenters. The molecule has 1 fully saturated rings. The quantitative estimate of drug-likeness (QED) is 0.350. The fraction of sp³-hybridized carbons (Fsp3) is 0.485. The van der Waals surface area contributed by atoms with Crippen LogP contribution in [0.1, 0.15) is 68.2 Å². The van der Waals surface area contributed by atoms with E-state index < -0.39 is 16.1 Å². The summed E-state index contributed by atoms with van der Waals surface area (Å²) in [4.78, 5) is 21.5. The van der Waals surface area contributed by atoms with Crippen LogP contribution < -0.4 is 14.8 Å². The Morgan fingerprint density at radius 1 is 1.09 bits per heavy atom. The highest BCUT2D eigenvalue weighted by molar-refractivity contribution is 7.92. The molecule has 1 aliphatic carbocycles. The summed E-state index contributed by atoms with van der Waals surface area (Å²) >= 11 is 0. The highest BCUT2D eigenvalue weighted by Gasteiger charge is 2.45. The van der Waals surface area contributed by atoms with Gasteiger partial charge in [-0.1, -0.05) is 44.2 Å². The van der Waals surface area contributed by atoms with E-state index in [0.717, 1.165) is 59.9 Å². The van der Waals surface area contributed by atoms with Crippen molar-refractivity contribution in [2.24, 2.45) is 11.8 Å². The minimum atomic E-state index is -4.01. The Kier molecular flexibility index (Phi) is 8.70. The van der Waals surface area contributed by atoms with Gasteiger partial charge >= 0.3 is 6.09 Å². The second-order valence-electron chi connectivity index (χ2n) is 12.4. The van der Waals surface area contributed by atoms with Crippen LogP contribution in [0.15, 0.2) is 47.4 Å². The molecule has 10 heteroatoms. The number of fused-ring (bicyclic) bond motifs is 5. The molecule has 2 N–H and O–H groups in total. The van der Waals surface area contributed by atoms with E-state index in [1.807, 2.05) is 51.1 Å². The third-order valence-corrected chi connectivity index (χ3v) is 10.4. The lowest BCUT2D eigenvalue weighted by atomic mass is 9.60. The summed E-state index contributed by atoms with van der Waals surface area (Å²) < 4.78 is 41.7. The molecule has 1 aliphatic heterocycles. The van der Waals surface area contributed by atoms with Crippen LogP contribution in [0.4, 0.5) is 10.7 Å². The zero-order valence-electron chi connectivity index (χ0n) is 25.9. The van der Waals surface area contributed by atoms with Gasteiger partial charge in [-0.15, -0.1) is 0 Å². The smallest absolute Gasteiger partial charge is 0.407 e. The molecule has 4 bridgehead atoms. The molecule has 2 aliphatic rings. The van der Waals surface area contributed by atoms with Gasteiger partial charge in [0.05, 0.1) is 24.3 Å². The minimum absolute atomic E-state index is 0.0137. The Balaban J connectivity index is 1.65. The number of aryl methyl sites for hydroxylation is 2. The van der Waals surface area contributed by atoms with Crippen molar-refractivity contribution in [1.29, 1.82) is 0 Å². The van der Waals surface area contributed by atoms with Gasteiger partial charge in [0.1, 0.15) is 0 Å². The molecule has 2 aromatic carbocycles. The number of nitrogens with zero attached hydrogens (tertiary/aromatic N) is 2. The van der Waals surface area contributed by atoms with Crippen LogP contribution in [0.2, 0.25) is 0 Å². The Morgan fingerprint density at radius 3 is 2.42 bits per heavy atom. The Hall–Kier alpha value is -3.66. The zero-order valence-corrected chi connectivity index (χ0v) is 26.7. The first-order valence-corrected chi connectivity index (χ1v) is 16.5. The third-order valence-electron chi connectivity index (χ3n) is 9.11. The summed E-state index contributed by atoms with van der Waals surface area (Å²) in [5, 5.41) is 2.96. The van der Waals surface area contributed by atoms with Crippen LogP contribution in [0.5, 0.6) is 5.88 Å². The number of carbonyl (C=O) groups is 1. The van der Waals surface area contributed by atoms with Crippen LogP contribution in [0.3, 0.4) is 0 Å². The Bertz CT molecular complexity index is 1590. The number of sulfonamides is 1. The van der Waals surface area contributed by atoms with Gasteiger partial charge in [0.15, 0.2) is 0 Å². The van der Waals surface area contributed by atoms with Crippen molar-refractivity contribution in [3.8, 4) is 17.1 Å². The number of alkyl carbamates (subject to hydrolysis) is 1. The molecule has 3 aromatic rings. The SMILES string of the molecule is COC(=O)NC1CCC2(CC1)c1cccc(c1)S(=O)(=O)Nc1nc(c(C)c(-c3c(C)cccc3C)n1)OC[C@H]2CC(C)C. The number of nitrogens with one attached hydrogen (secondary N) is 2. The van der Waals surface area contributed by atoms with Crippen molar-refractivity contribution in [2.45, 2.75) is 83.1 Å².